The van der Waals surface area contributed by atoms with Gasteiger partial charge in [0, 0.05) is 17.8 Å². The fourth-order valence-corrected chi connectivity index (χ4v) is 1.61. The Balaban J connectivity index is 1.95. The minimum atomic E-state index is -1.01. The van der Waals surface area contributed by atoms with Crippen molar-refractivity contribution in [3.63, 3.8) is 0 Å². The molecule has 2 N–H and O–H groups in total. The quantitative estimate of drug-likeness (QED) is 0.811. The average molecular weight is 283 g/mol. The minimum absolute atomic E-state index is 0.220. The predicted octanol–water partition coefficient (Wildman–Crippen LogP) is 1.50. The van der Waals surface area contributed by atoms with Gasteiger partial charge in [-0.3, -0.25) is 4.79 Å². The van der Waals surface area contributed by atoms with Crippen molar-refractivity contribution in [2.24, 2.45) is 0 Å². The molecule has 0 fully saturated rings. The summed E-state index contributed by atoms with van der Waals surface area (Å²) in [5.74, 6) is -1.23. The first-order valence-electron chi connectivity index (χ1n) is 6.19. The van der Waals surface area contributed by atoms with Crippen LogP contribution in [0, 0.1) is 0 Å². The predicted molar refractivity (Wildman–Crippen MR) is 76.3 cm³/mol. The van der Waals surface area contributed by atoms with Crippen LogP contribution < -0.4 is 5.32 Å². The maximum Gasteiger partial charge on any atom is 0.328 e. The van der Waals surface area contributed by atoms with Crippen LogP contribution >= 0.6 is 0 Å². The van der Waals surface area contributed by atoms with E-state index in [0.717, 1.165) is 11.8 Å². The maximum atomic E-state index is 11.9. The zero-order valence-electron chi connectivity index (χ0n) is 11.1. The molecule has 6 nitrogen and oxygen atoms in total. The van der Waals surface area contributed by atoms with E-state index >= 15 is 0 Å². The molecule has 0 atom stereocenters. The summed E-state index contributed by atoms with van der Waals surface area (Å²) >= 11 is 0. The van der Waals surface area contributed by atoms with Crippen LogP contribution in [0.15, 0.2) is 48.9 Å². The second-order valence-electron chi connectivity index (χ2n) is 4.18. The number of aliphatic carboxylic acids is 1. The average Bonchev–Trinajstić information content (AvgIpc) is 2.52. The Hall–Kier alpha value is -3.02. The molecule has 0 bridgehead atoms. The molecule has 1 aromatic heterocycles. The van der Waals surface area contributed by atoms with Gasteiger partial charge in [-0.25, -0.2) is 14.8 Å². The van der Waals surface area contributed by atoms with Gasteiger partial charge in [-0.05, 0) is 29.8 Å². The lowest BCUT2D eigenvalue weighted by molar-refractivity contribution is -0.131. The highest BCUT2D eigenvalue weighted by atomic mass is 16.4. The van der Waals surface area contributed by atoms with E-state index in [9.17, 15) is 9.59 Å². The van der Waals surface area contributed by atoms with Crippen LogP contribution in [-0.2, 0) is 11.3 Å². The van der Waals surface area contributed by atoms with Gasteiger partial charge in [0.2, 0.25) is 0 Å². The summed E-state index contributed by atoms with van der Waals surface area (Å²) in [7, 11) is 0. The summed E-state index contributed by atoms with van der Waals surface area (Å²) in [5.41, 5.74) is 1.93. The van der Waals surface area contributed by atoms with E-state index in [2.05, 4.69) is 15.3 Å². The molecular formula is C15H13N3O3. The lowest BCUT2D eigenvalue weighted by Crippen LogP contribution is -2.23. The van der Waals surface area contributed by atoms with Crippen molar-refractivity contribution in [1.29, 1.82) is 0 Å². The SMILES string of the molecule is O=C(O)/C=C/c1ccc(C(=O)NCc2ccncn2)cc1. The number of carbonyl (C=O) groups is 2. The minimum Gasteiger partial charge on any atom is -0.478 e. The third-order valence-corrected chi connectivity index (χ3v) is 2.66. The molecule has 0 radical (unpaired) electrons. The molecule has 2 aromatic rings. The molecule has 1 amide bonds. The molecule has 0 saturated carbocycles. The van der Waals surface area contributed by atoms with Crippen LogP contribution in [0.3, 0.4) is 0 Å². The topological polar surface area (TPSA) is 92.2 Å². The van der Waals surface area contributed by atoms with Gasteiger partial charge in [-0.2, -0.15) is 0 Å². The second kappa shape index (κ2) is 6.95. The number of carbonyl (C=O) groups excluding carboxylic acids is 1. The third kappa shape index (κ3) is 4.54. The molecule has 106 valence electrons. The van der Waals surface area contributed by atoms with Crippen LogP contribution in [0.4, 0.5) is 0 Å². The number of amides is 1. The Morgan fingerprint density at radius 3 is 2.57 bits per heavy atom. The molecule has 0 saturated heterocycles. The number of hydrogen-bond acceptors (Lipinski definition) is 4. The summed E-state index contributed by atoms with van der Waals surface area (Å²) in [6.45, 7) is 0.321. The third-order valence-electron chi connectivity index (χ3n) is 2.66. The first-order valence-corrected chi connectivity index (χ1v) is 6.19. The summed E-state index contributed by atoms with van der Waals surface area (Å²) in [6.07, 6.45) is 5.54. The van der Waals surface area contributed by atoms with Crippen LogP contribution in [-0.4, -0.2) is 27.0 Å². The number of nitrogens with zero attached hydrogens (tertiary/aromatic N) is 2. The van der Waals surface area contributed by atoms with E-state index < -0.39 is 5.97 Å². The smallest absolute Gasteiger partial charge is 0.328 e. The monoisotopic (exact) mass is 283 g/mol. The van der Waals surface area contributed by atoms with Crippen molar-refractivity contribution >= 4 is 18.0 Å². The standard InChI is InChI=1S/C15H13N3O3/c19-14(20)6-3-11-1-4-12(5-2-11)15(21)17-9-13-7-8-16-10-18-13/h1-8,10H,9H2,(H,17,21)(H,19,20)/b6-3+. The fourth-order valence-electron chi connectivity index (χ4n) is 1.61. The number of carboxylic acids is 1. The summed E-state index contributed by atoms with van der Waals surface area (Å²) in [6, 6.07) is 8.35. The van der Waals surface area contributed by atoms with E-state index in [1.807, 2.05) is 0 Å². The molecule has 6 heteroatoms. The van der Waals surface area contributed by atoms with Crippen molar-refractivity contribution in [1.82, 2.24) is 15.3 Å². The van der Waals surface area contributed by atoms with E-state index in [-0.39, 0.29) is 5.91 Å². The normalized spacial score (nSPS) is 10.5. The molecule has 2 rings (SSSR count). The summed E-state index contributed by atoms with van der Waals surface area (Å²) in [4.78, 5) is 30.1. The second-order valence-corrected chi connectivity index (χ2v) is 4.18. The molecule has 0 aliphatic rings. The number of aromatic nitrogens is 2. The van der Waals surface area contributed by atoms with Gasteiger partial charge in [0.1, 0.15) is 6.33 Å². The van der Waals surface area contributed by atoms with Gasteiger partial charge in [0.05, 0.1) is 12.2 Å². The number of rotatable bonds is 5. The first-order chi connectivity index (χ1) is 10.1. The van der Waals surface area contributed by atoms with Gasteiger partial charge in [-0.1, -0.05) is 12.1 Å². The molecule has 0 spiro atoms. The highest BCUT2D eigenvalue weighted by Gasteiger charge is 2.05. The van der Waals surface area contributed by atoms with Crippen LogP contribution in [0.25, 0.3) is 6.08 Å². The van der Waals surface area contributed by atoms with E-state index in [4.69, 9.17) is 5.11 Å². The Bertz CT molecular complexity index is 652. The molecule has 0 aliphatic carbocycles. The van der Waals surface area contributed by atoms with Crippen molar-refractivity contribution in [2.75, 3.05) is 0 Å². The van der Waals surface area contributed by atoms with Crippen LogP contribution in [0.2, 0.25) is 0 Å². The van der Waals surface area contributed by atoms with E-state index in [0.29, 0.717) is 17.7 Å². The van der Waals surface area contributed by atoms with Gasteiger partial charge >= 0.3 is 5.97 Å². The van der Waals surface area contributed by atoms with Gasteiger partial charge in [0.25, 0.3) is 5.91 Å². The maximum absolute atomic E-state index is 11.9. The zero-order valence-corrected chi connectivity index (χ0v) is 11.1. The molecule has 1 heterocycles. The Kier molecular flexibility index (Phi) is 4.76. The van der Waals surface area contributed by atoms with Gasteiger partial charge in [-0.15, -0.1) is 0 Å². The molecular weight excluding hydrogens is 270 g/mol. The van der Waals surface area contributed by atoms with Gasteiger partial charge in [0.15, 0.2) is 0 Å². The van der Waals surface area contributed by atoms with Crippen LogP contribution in [0.1, 0.15) is 21.6 Å². The van der Waals surface area contributed by atoms with E-state index in [1.165, 1.54) is 12.4 Å². The molecule has 1 aromatic carbocycles. The van der Waals surface area contributed by atoms with Crippen LogP contribution in [0.5, 0.6) is 0 Å². The molecule has 0 unspecified atom stereocenters. The first kappa shape index (κ1) is 14.4. The number of carboxylic acid groups (broad SMARTS) is 1. The number of nitrogens with one attached hydrogen (secondary N) is 1. The Labute approximate surface area is 121 Å². The number of benzene rings is 1. The lowest BCUT2D eigenvalue weighted by Gasteiger charge is -2.04. The Morgan fingerprint density at radius 1 is 1.19 bits per heavy atom. The largest absolute Gasteiger partial charge is 0.478 e. The molecule has 0 aliphatic heterocycles. The van der Waals surface area contributed by atoms with Crippen molar-refractivity contribution in [2.45, 2.75) is 6.54 Å². The van der Waals surface area contributed by atoms with Crippen molar-refractivity contribution in [3.05, 3.63) is 65.8 Å². The highest BCUT2D eigenvalue weighted by molar-refractivity contribution is 5.94. The summed E-state index contributed by atoms with van der Waals surface area (Å²) < 4.78 is 0. The van der Waals surface area contributed by atoms with Gasteiger partial charge < -0.3 is 10.4 Å². The zero-order chi connectivity index (χ0) is 15.1. The van der Waals surface area contributed by atoms with E-state index in [1.54, 1.807) is 36.5 Å². The summed E-state index contributed by atoms with van der Waals surface area (Å²) in [5, 5.41) is 11.3. The Morgan fingerprint density at radius 2 is 1.95 bits per heavy atom. The van der Waals surface area contributed by atoms with Crippen molar-refractivity contribution in [3.8, 4) is 0 Å². The number of hydrogen-bond donors (Lipinski definition) is 2. The fraction of sp³-hybridized carbons (Fsp3) is 0.0667. The van der Waals surface area contributed by atoms with Crippen molar-refractivity contribution < 1.29 is 14.7 Å². The molecule has 21 heavy (non-hydrogen) atoms. The highest BCUT2D eigenvalue weighted by Crippen LogP contribution is 2.06. The lowest BCUT2D eigenvalue weighted by atomic mass is 10.1.